The van der Waals surface area contributed by atoms with Gasteiger partial charge in [-0.3, -0.25) is 9.48 Å². The summed E-state index contributed by atoms with van der Waals surface area (Å²) >= 11 is 0. The standard InChI is InChI=1S/C22H25N3O4/c1-3-20(26)19-12-16-13-24(9-10-25(16)23-19)22(27)18-8-11-28-21(18)14-29-17-6-4-15(2)5-7-17/h4-8,11-12,20,26H,3,9-10,13-14H2,1-2H3. The Morgan fingerprint density at radius 3 is 2.83 bits per heavy atom. The zero-order valence-electron chi connectivity index (χ0n) is 16.7. The number of furan rings is 1. The van der Waals surface area contributed by atoms with Gasteiger partial charge in [-0.2, -0.15) is 5.10 Å². The molecule has 1 atom stereocenters. The minimum absolute atomic E-state index is 0.0914. The van der Waals surface area contributed by atoms with Crippen LogP contribution in [0, 0.1) is 6.92 Å². The summed E-state index contributed by atoms with van der Waals surface area (Å²) in [6.45, 7) is 5.73. The maximum absolute atomic E-state index is 13.1. The number of carbonyl (C=O) groups is 1. The molecule has 1 N–H and O–H groups in total. The molecule has 0 saturated heterocycles. The summed E-state index contributed by atoms with van der Waals surface area (Å²) in [5.41, 5.74) is 3.25. The topological polar surface area (TPSA) is 80.7 Å². The number of hydrogen-bond donors (Lipinski definition) is 1. The van der Waals surface area contributed by atoms with Gasteiger partial charge >= 0.3 is 0 Å². The molecule has 3 heterocycles. The predicted molar refractivity (Wildman–Crippen MR) is 106 cm³/mol. The Kier molecular flexibility index (Phi) is 5.40. The fraction of sp³-hybridized carbons (Fsp3) is 0.364. The van der Waals surface area contributed by atoms with Gasteiger partial charge in [-0.1, -0.05) is 24.6 Å². The van der Waals surface area contributed by atoms with E-state index in [9.17, 15) is 9.90 Å². The molecule has 1 aromatic carbocycles. The van der Waals surface area contributed by atoms with Gasteiger partial charge in [-0.25, -0.2) is 0 Å². The quantitative estimate of drug-likeness (QED) is 0.691. The Hall–Kier alpha value is -3.06. The Bertz CT molecular complexity index is 990. The lowest BCUT2D eigenvalue weighted by atomic mass is 10.1. The minimum Gasteiger partial charge on any atom is -0.486 e. The van der Waals surface area contributed by atoms with E-state index in [1.165, 1.54) is 6.26 Å². The highest BCUT2D eigenvalue weighted by Crippen LogP contribution is 2.23. The molecular formula is C22H25N3O4. The van der Waals surface area contributed by atoms with Crippen LogP contribution >= 0.6 is 0 Å². The molecule has 1 aliphatic heterocycles. The van der Waals surface area contributed by atoms with Crippen LogP contribution in [0.5, 0.6) is 5.75 Å². The lowest BCUT2D eigenvalue weighted by molar-refractivity contribution is 0.0701. The number of aliphatic hydroxyl groups excluding tert-OH is 1. The summed E-state index contributed by atoms with van der Waals surface area (Å²) in [4.78, 5) is 14.9. The molecular weight excluding hydrogens is 370 g/mol. The second-order valence-electron chi connectivity index (χ2n) is 7.29. The zero-order chi connectivity index (χ0) is 20.4. The van der Waals surface area contributed by atoms with Crippen LogP contribution in [-0.2, 0) is 19.7 Å². The molecule has 0 radical (unpaired) electrons. The van der Waals surface area contributed by atoms with Gasteiger partial charge in [0.25, 0.3) is 5.91 Å². The average molecular weight is 395 g/mol. The Balaban J connectivity index is 1.44. The lowest BCUT2D eigenvalue weighted by Gasteiger charge is -2.27. The zero-order valence-corrected chi connectivity index (χ0v) is 16.7. The first-order valence-electron chi connectivity index (χ1n) is 9.85. The number of aliphatic hydroxyl groups is 1. The first kappa shape index (κ1) is 19.3. The number of aromatic nitrogens is 2. The SMILES string of the molecule is CCC(O)c1cc2n(n1)CCN(C(=O)c1ccoc1COc1ccc(C)cc1)C2. The van der Waals surface area contributed by atoms with Crippen LogP contribution < -0.4 is 4.74 Å². The second-order valence-corrected chi connectivity index (χ2v) is 7.29. The average Bonchev–Trinajstić information content (AvgIpc) is 3.38. The van der Waals surface area contributed by atoms with Crippen molar-refractivity contribution in [3.63, 3.8) is 0 Å². The summed E-state index contributed by atoms with van der Waals surface area (Å²) < 4.78 is 13.2. The Labute approximate surface area is 169 Å². The van der Waals surface area contributed by atoms with Crippen molar-refractivity contribution in [3.05, 3.63) is 70.9 Å². The van der Waals surface area contributed by atoms with Crippen LogP contribution in [0.2, 0.25) is 0 Å². The van der Waals surface area contributed by atoms with Gasteiger partial charge in [0.1, 0.15) is 12.4 Å². The number of amides is 1. The van der Waals surface area contributed by atoms with E-state index in [0.717, 1.165) is 17.0 Å². The van der Waals surface area contributed by atoms with E-state index in [4.69, 9.17) is 9.15 Å². The van der Waals surface area contributed by atoms with Crippen molar-refractivity contribution in [2.45, 2.75) is 46.1 Å². The van der Waals surface area contributed by atoms with Gasteiger partial charge < -0.3 is 19.2 Å². The molecule has 0 spiro atoms. The summed E-state index contributed by atoms with van der Waals surface area (Å²) in [7, 11) is 0. The molecule has 4 rings (SSSR count). The highest BCUT2D eigenvalue weighted by Gasteiger charge is 2.27. The summed E-state index contributed by atoms with van der Waals surface area (Å²) in [6, 6.07) is 11.3. The third kappa shape index (κ3) is 4.05. The van der Waals surface area contributed by atoms with E-state index in [2.05, 4.69) is 5.10 Å². The van der Waals surface area contributed by atoms with Crippen molar-refractivity contribution in [2.24, 2.45) is 0 Å². The molecule has 3 aromatic rings. The number of rotatable bonds is 6. The monoisotopic (exact) mass is 395 g/mol. The molecule has 0 saturated carbocycles. The number of carbonyl (C=O) groups excluding carboxylic acids is 1. The first-order valence-corrected chi connectivity index (χ1v) is 9.85. The fourth-order valence-corrected chi connectivity index (χ4v) is 3.43. The van der Waals surface area contributed by atoms with E-state index in [0.29, 0.717) is 43.1 Å². The number of fused-ring (bicyclic) bond motifs is 1. The van der Waals surface area contributed by atoms with Crippen LogP contribution in [0.1, 0.15) is 52.5 Å². The van der Waals surface area contributed by atoms with Gasteiger partial charge in [0.05, 0.1) is 42.4 Å². The molecule has 2 aromatic heterocycles. The van der Waals surface area contributed by atoms with Crippen LogP contribution in [0.4, 0.5) is 0 Å². The third-order valence-electron chi connectivity index (χ3n) is 5.20. The number of nitrogens with zero attached hydrogens (tertiary/aromatic N) is 3. The molecule has 7 heteroatoms. The number of ether oxygens (including phenoxy) is 1. The highest BCUT2D eigenvalue weighted by molar-refractivity contribution is 5.95. The fourth-order valence-electron chi connectivity index (χ4n) is 3.43. The van der Waals surface area contributed by atoms with Crippen LogP contribution in [0.3, 0.4) is 0 Å². The maximum atomic E-state index is 13.1. The highest BCUT2D eigenvalue weighted by atomic mass is 16.5. The van der Waals surface area contributed by atoms with Gasteiger partial charge in [0.15, 0.2) is 5.76 Å². The van der Waals surface area contributed by atoms with Crippen molar-refractivity contribution in [3.8, 4) is 5.75 Å². The van der Waals surface area contributed by atoms with Crippen LogP contribution in [0.15, 0.2) is 47.1 Å². The normalized spacial score (nSPS) is 14.5. The molecule has 0 aliphatic carbocycles. The summed E-state index contributed by atoms with van der Waals surface area (Å²) in [6.07, 6.45) is 1.56. The molecule has 152 valence electrons. The van der Waals surface area contributed by atoms with Gasteiger partial charge in [0.2, 0.25) is 0 Å². The predicted octanol–water partition coefficient (Wildman–Crippen LogP) is 3.46. The van der Waals surface area contributed by atoms with Crippen LogP contribution in [0.25, 0.3) is 0 Å². The van der Waals surface area contributed by atoms with Gasteiger partial charge in [-0.05, 0) is 37.6 Å². The second kappa shape index (κ2) is 8.13. The van der Waals surface area contributed by atoms with Crippen molar-refractivity contribution in [2.75, 3.05) is 6.54 Å². The molecule has 29 heavy (non-hydrogen) atoms. The van der Waals surface area contributed by atoms with E-state index >= 15 is 0 Å². The first-order chi connectivity index (χ1) is 14.0. The maximum Gasteiger partial charge on any atom is 0.257 e. The number of benzene rings is 1. The van der Waals surface area contributed by atoms with Gasteiger partial charge in [0, 0.05) is 6.54 Å². The molecule has 1 aliphatic rings. The molecule has 7 nitrogen and oxygen atoms in total. The smallest absolute Gasteiger partial charge is 0.257 e. The largest absolute Gasteiger partial charge is 0.486 e. The van der Waals surface area contributed by atoms with Crippen LogP contribution in [-0.4, -0.2) is 32.2 Å². The molecule has 0 fully saturated rings. The molecule has 0 bridgehead atoms. The van der Waals surface area contributed by atoms with E-state index < -0.39 is 6.10 Å². The van der Waals surface area contributed by atoms with E-state index in [1.807, 2.05) is 48.9 Å². The minimum atomic E-state index is -0.573. The Morgan fingerprint density at radius 2 is 2.07 bits per heavy atom. The number of hydrogen-bond acceptors (Lipinski definition) is 5. The van der Waals surface area contributed by atoms with E-state index in [-0.39, 0.29) is 12.5 Å². The third-order valence-corrected chi connectivity index (χ3v) is 5.20. The molecule has 1 amide bonds. The van der Waals surface area contributed by atoms with Crippen molar-refractivity contribution >= 4 is 5.91 Å². The van der Waals surface area contributed by atoms with E-state index in [1.54, 1.807) is 11.0 Å². The van der Waals surface area contributed by atoms with Crippen molar-refractivity contribution in [1.82, 2.24) is 14.7 Å². The molecule has 1 unspecified atom stereocenters. The number of aryl methyl sites for hydroxylation is 1. The lowest BCUT2D eigenvalue weighted by Crippen LogP contribution is -2.38. The summed E-state index contributed by atoms with van der Waals surface area (Å²) in [5, 5.41) is 14.5. The summed E-state index contributed by atoms with van der Waals surface area (Å²) in [5.74, 6) is 1.15. The van der Waals surface area contributed by atoms with Crippen molar-refractivity contribution in [1.29, 1.82) is 0 Å². The van der Waals surface area contributed by atoms with Crippen molar-refractivity contribution < 1.29 is 19.1 Å². The van der Waals surface area contributed by atoms with Gasteiger partial charge in [-0.15, -0.1) is 0 Å². The Morgan fingerprint density at radius 1 is 1.28 bits per heavy atom.